The summed E-state index contributed by atoms with van der Waals surface area (Å²) in [6.07, 6.45) is 0.833. The number of amides is 1. The topological polar surface area (TPSA) is 73.2 Å². The zero-order chi connectivity index (χ0) is 24.9. The molecule has 0 aliphatic rings. The summed E-state index contributed by atoms with van der Waals surface area (Å²) in [5, 5.41) is 4.47. The van der Waals surface area contributed by atoms with Gasteiger partial charge in [-0.25, -0.2) is 4.98 Å². The Morgan fingerprint density at radius 1 is 1.11 bits per heavy atom. The number of rotatable bonds is 10. The van der Waals surface area contributed by atoms with E-state index in [1.54, 1.807) is 4.57 Å². The first-order valence-electron chi connectivity index (χ1n) is 11.9. The van der Waals surface area contributed by atoms with Crippen LogP contribution in [0.15, 0.2) is 58.5 Å². The maximum absolute atomic E-state index is 13.4. The van der Waals surface area contributed by atoms with E-state index in [2.05, 4.69) is 19.2 Å². The molecule has 0 saturated heterocycles. The standard InChI is InChI=1S/C27H31N3O3S2/c1-17(2)19-10-12-20(13-11-19)28-23(31)16-34-27-29-24-21-8-5-6-9-22(21)35-25(24)26(32)30(27)14-7-15-33-18(3)4/h5-6,8-13,17-18H,7,14-16H2,1-4H3,(H,28,31). The van der Waals surface area contributed by atoms with Crippen molar-refractivity contribution in [2.75, 3.05) is 17.7 Å². The molecule has 0 spiro atoms. The van der Waals surface area contributed by atoms with Crippen LogP contribution in [0, 0.1) is 0 Å². The summed E-state index contributed by atoms with van der Waals surface area (Å²) in [7, 11) is 0. The van der Waals surface area contributed by atoms with Gasteiger partial charge in [0.15, 0.2) is 5.16 Å². The summed E-state index contributed by atoms with van der Waals surface area (Å²) in [5.41, 5.74) is 2.63. The van der Waals surface area contributed by atoms with Crippen LogP contribution in [-0.4, -0.2) is 33.9 Å². The van der Waals surface area contributed by atoms with Crippen molar-refractivity contribution in [3.8, 4) is 0 Å². The maximum atomic E-state index is 13.4. The van der Waals surface area contributed by atoms with E-state index in [4.69, 9.17) is 9.72 Å². The third-order valence-corrected chi connectivity index (χ3v) is 7.74. The zero-order valence-corrected chi connectivity index (χ0v) is 22.2. The highest BCUT2D eigenvalue weighted by Crippen LogP contribution is 2.32. The lowest BCUT2D eigenvalue weighted by atomic mass is 10.0. The number of fused-ring (bicyclic) bond motifs is 3. The van der Waals surface area contributed by atoms with Crippen molar-refractivity contribution in [3.63, 3.8) is 0 Å². The molecule has 4 rings (SSSR count). The first kappa shape index (κ1) is 25.4. The molecule has 2 heterocycles. The Morgan fingerprint density at radius 2 is 1.86 bits per heavy atom. The molecule has 2 aromatic heterocycles. The van der Waals surface area contributed by atoms with Gasteiger partial charge in [0.25, 0.3) is 5.56 Å². The fourth-order valence-electron chi connectivity index (χ4n) is 3.78. The number of thioether (sulfide) groups is 1. The third-order valence-electron chi connectivity index (χ3n) is 5.62. The molecule has 6 nitrogen and oxygen atoms in total. The van der Waals surface area contributed by atoms with Crippen LogP contribution in [-0.2, 0) is 16.1 Å². The molecular formula is C27H31N3O3S2. The lowest BCUT2D eigenvalue weighted by Gasteiger charge is -2.13. The van der Waals surface area contributed by atoms with Crippen molar-refractivity contribution in [1.29, 1.82) is 0 Å². The fraction of sp³-hybridized carbons (Fsp3) is 0.370. The molecular weight excluding hydrogens is 478 g/mol. The molecule has 0 saturated carbocycles. The van der Waals surface area contributed by atoms with Gasteiger partial charge in [0, 0.05) is 28.9 Å². The summed E-state index contributed by atoms with van der Waals surface area (Å²) in [5.74, 6) is 0.465. The van der Waals surface area contributed by atoms with E-state index in [1.165, 1.54) is 28.7 Å². The summed E-state index contributed by atoms with van der Waals surface area (Å²) in [4.78, 5) is 31.0. The number of thiophene rings is 1. The zero-order valence-electron chi connectivity index (χ0n) is 20.5. The van der Waals surface area contributed by atoms with Gasteiger partial charge in [-0.1, -0.05) is 55.9 Å². The Labute approximate surface area is 213 Å². The minimum atomic E-state index is -0.133. The highest BCUT2D eigenvalue weighted by molar-refractivity contribution is 7.99. The Balaban J connectivity index is 1.56. The summed E-state index contributed by atoms with van der Waals surface area (Å²) >= 11 is 2.76. The number of nitrogens with one attached hydrogen (secondary N) is 1. The van der Waals surface area contributed by atoms with Crippen LogP contribution in [0.5, 0.6) is 0 Å². The SMILES string of the molecule is CC(C)OCCCn1c(SCC(=O)Nc2ccc(C(C)C)cc2)nc2c(sc3ccccc32)c1=O. The first-order valence-corrected chi connectivity index (χ1v) is 13.7. The monoisotopic (exact) mass is 509 g/mol. The second-order valence-corrected chi connectivity index (χ2v) is 11.0. The Hall–Kier alpha value is -2.68. The van der Waals surface area contributed by atoms with E-state index in [9.17, 15) is 9.59 Å². The maximum Gasteiger partial charge on any atom is 0.272 e. The summed E-state index contributed by atoms with van der Waals surface area (Å²) in [6.45, 7) is 9.31. The van der Waals surface area contributed by atoms with Crippen molar-refractivity contribution in [3.05, 3.63) is 64.4 Å². The lowest BCUT2D eigenvalue weighted by Crippen LogP contribution is -2.24. The van der Waals surface area contributed by atoms with Gasteiger partial charge in [0.05, 0.1) is 17.4 Å². The van der Waals surface area contributed by atoms with E-state index in [0.29, 0.717) is 40.9 Å². The largest absolute Gasteiger partial charge is 0.379 e. The Kier molecular flexibility index (Phi) is 8.26. The van der Waals surface area contributed by atoms with Crippen LogP contribution in [0.1, 0.15) is 45.6 Å². The number of aromatic nitrogens is 2. The van der Waals surface area contributed by atoms with Gasteiger partial charge in [0.2, 0.25) is 5.91 Å². The number of benzene rings is 2. The van der Waals surface area contributed by atoms with Crippen LogP contribution >= 0.6 is 23.1 Å². The van der Waals surface area contributed by atoms with Crippen molar-refractivity contribution < 1.29 is 9.53 Å². The fourth-order valence-corrected chi connectivity index (χ4v) is 5.69. The highest BCUT2D eigenvalue weighted by atomic mass is 32.2. The van der Waals surface area contributed by atoms with Crippen LogP contribution in [0.4, 0.5) is 5.69 Å². The molecule has 0 aliphatic heterocycles. The molecule has 0 fully saturated rings. The molecule has 35 heavy (non-hydrogen) atoms. The quantitative estimate of drug-likeness (QED) is 0.155. The van der Waals surface area contributed by atoms with Crippen molar-refractivity contribution in [2.24, 2.45) is 0 Å². The first-order chi connectivity index (χ1) is 16.8. The second-order valence-electron chi connectivity index (χ2n) is 9.01. The molecule has 184 valence electrons. The smallest absolute Gasteiger partial charge is 0.272 e. The van der Waals surface area contributed by atoms with Crippen molar-refractivity contribution >= 4 is 55.0 Å². The van der Waals surface area contributed by atoms with Gasteiger partial charge >= 0.3 is 0 Å². The van der Waals surface area contributed by atoms with Gasteiger partial charge in [-0.05, 0) is 49.9 Å². The van der Waals surface area contributed by atoms with Crippen LogP contribution in [0.3, 0.4) is 0 Å². The number of carbonyl (C=O) groups is 1. The average Bonchev–Trinajstić information content (AvgIpc) is 3.21. The minimum Gasteiger partial charge on any atom is -0.379 e. The second kappa shape index (κ2) is 11.4. The molecule has 0 radical (unpaired) electrons. The molecule has 0 unspecified atom stereocenters. The number of carbonyl (C=O) groups excluding carboxylic acids is 1. The predicted octanol–water partition coefficient (Wildman–Crippen LogP) is 6.28. The normalized spacial score (nSPS) is 11.7. The number of nitrogens with zero attached hydrogens (tertiary/aromatic N) is 2. The molecule has 8 heteroatoms. The minimum absolute atomic E-state index is 0.0621. The van der Waals surface area contributed by atoms with Gasteiger partial charge in [0.1, 0.15) is 4.70 Å². The number of hydrogen-bond acceptors (Lipinski definition) is 6. The number of anilines is 1. The van der Waals surface area contributed by atoms with Crippen molar-refractivity contribution in [1.82, 2.24) is 9.55 Å². The molecule has 1 N–H and O–H groups in total. The molecule has 0 aliphatic carbocycles. The molecule has 1 amide bonds. The predicted molar refractivity (Wildman–Crippen MR) is 147 cm³/mol. The van der Waals surface area contributed by atoms with Gasteiger partial charge in [-0.15, -0.1) is 11.3 Å². The van der Waals surface area contributed by atoms with Gasteiger partial charge < -0.3 is 10.1 Å². The highest BCUT2D eigenvalue weighted by Gasteiger charge is 2.17. The Morgan fingerprint density at radius 3 is 2.57 bits per heavy atom. The lowest BCUT2D eigenvalue weighted by molar-refractivity contribution is -0.113. The molecule has 0 bridgehead atoms. The van der Waals surface area contributed by atoms with Crippen LogP contribution in [0.2, 0.25) is 0 Å². The van der Waals surface area contributed by atoms with Gasteiger partial charge in [-0.2, -0.15) is 0 Å². The molecule has 2 aromatic carbocycles. The van der Waals surface area contributed by atoms with Crippen LogP contribution < -0.4 is 10.9 Å². The average molecular weight is 510 g/mol. The number of ether oxygens (including phenoxy) is 1. The van der Waals surface area contributed by atoms with Crippen LogP contribution in [0.25, 0.3) is 20.3 Å². The van der Waals surface area contributed by atoms with E-state index in [-0.39, 0.29) is 23.3 Å². The summed E-state index contributed by atoms with van der Waals surface area (Å²) < 4.78 is 9.04. The molecule has 4 aromatic rings. The molecule has 0 atom stereocenters. The summed E-state index contributed by atoms with van der Waals surface area (Å²) in [6, 6.07) is 15.8. The van der Waals surface area contributed by atoms with E-state index in [0.717, 1.165) is 15.8 Å². The van der Waals surface area contributed by atoms with Gasteiger partial charge in [-0.3, -0.25) is 14.2 Å². The van der Waals surface area contributed by atoms with E-state index in [1.807, 2.05) is 62.4 Å². The third kappa shape index (κ3) is 6.12. The number of hydrogen-bond donors (Lipinski definition) is 1. The van der Waals surface area contributed by atoms with Crippen molar-refractivity contribution in [2.45, 2.75) is 57.8 Å². The van der Waals surface area contributed by atoms with E-state index < -0.39 is 0 Å². The van der Waals surface area contributed by atoms with E-state index >= 15 is 0 Å². The Bertz CT molecular complexity index is 1370.